The Morgan fingerprint density at radius 2 is 1.69 bits per heavy atom. The molecule has 3 rings (SSSR count). The van der Waals surface area contributed by atoms with Crippen LogP contribution in [0.25, 0.3) is 0 Å². The zero-order chi connectivity index (χ0) is 21.3. The number of fused-ring (bicyclic) bond motifs is 1. The van der Waals surface area contributed by atoms with Crippen molar-refractivity contribution in [3.8, 4) is 0 Å². The summed E-state index contributed by atoms with van der Waals surface area (Å²) in [5.41, 5.74) is 1.61. The van der Waals surface area contributed by atoms with Crippen molar-refractivity contribution in [3.63, 3.8) is 0 Å². The van der Waals surface area contributed by atoms with E-state index >= 15 is 0 Å². The molecule has 1 heterocycles. The molecule has 2 aliphatic rings. The Bertz CT molecular complexity index is 890. The molecule has 1 saturated carbocycles. The highest BCUT2D eigenvalue weighted by molar-refractivity contribution is 6.24. The number of hydrogen-bond donors (Lipinski definition) is 1. The van der Waals surface area contributed by atoms with Crippen molar-refractivity contribution in [1.82, 2.24) is 4.90 Å². The number of aliphatic hydroxyl groups excluding tert-OH is 1. The normalized spacial score (nSPS) is 21.9. The Kier molecular flexibility index (Phi) is 5.73. The van der Waals surface area contributed by atoms with Gasteiger partial charge >= 0.3 is 0 Å². The van der Waals surface area contributed by atoms with Crippen LogP contribution in [0.15, 0.2) is 40.6 Å². The lowest BCUT2D eigenvalue weighted by molar-refractivity contribution is -0.117. The van der Waals surface area contributed by atoms with E-state index in [0.29, 0.717) is 41.7 Å². The van der Waals surface area contributed by atoms with Crippen molar-refractivity contribution in [2.24, 2.45) is 10.4 Å². The van der Waals surface area contributed by atoms with Gasteiger partial charge < -0.3 is 5.11 Å². The van der Waals surface area contributed by atoms with Gasteiger partial charge in [0.05, 0.1) is 16.7 Å². The van der Waals surface area contributed by atoms with E-state index in [1.54, 1.807) is 24.3 Å². The molecule has 1 N–H and O–H groups in total. The van der Waals surface area contributed by atoms with E-state index in [2.05, 4.69) is 4.99 Å². The van der Waals surface area contributed by atoms with E-state index in [4.69, 9.17) is 0 Å². The van der Waals surface area contributed by atoms with Crippen LogP contribution in [0, 0.1) is 5.41 Å². The molecule has 0 bridgehead atoms. The Morgan fingerprint density at radius 1 is 1.10 bits per heavy atom. The van der Waals surface area contributed by atoms with Gasteiger partial charge in [-0.1, -0.05) is 26.0 Å². The summed E-state index contributed by atoms with van der Waals surface area (Å²) in [7, 11) is 0. The van der Waals surface area contributed by atoms with E-state index in [-0.39, 0.29) is 47.8 Å². The lowest BCUT2D eigenvalue weighted by Crippen LogP contribution is -2.33. The first kappa shape index (κ1) is 21.0. The SMILES string of the molecule is CC(C)N=C1CC(C)(C)CC(=O)/C1=C(\O)CCCN1C(=O)c2ccccc2C1=O. The molecule has 0 unspecified atom stereocenters. The maximum atomic E-state index is 12.7. The molecule has 0 saturated heterocycles. The first-order valence-electron chi connectivity index (χ1n) is 10.1. The number of benzene rings is 1. The average Bonchev–Trinajstić information content (AvgIpc) is 2.85. The molecule has 6 heteroatoms. The number of imide groups is 1. The van der Waals surface area contributed by atoms with Crippen LogP contribution >= 0.6 is 0 Å². The molecule has 1 aliphatic carbocycles. The van der Waals surface area contributed by atoms with Crippen LogP contribution in [0.1, 0.15) is 74.1 Å². The number of rotatable bonds is 5. The number of allylic oxidation sites excluding steroid dienone is 2. The van der Waals surface area contributed by atoms with Gasteiger partial charge in [-0.15, -0.1) is 0 Å². The van der Waals surface area contributed by atoms with Crippen LogP contribution < -0.4 is 0 Å². The summed E-state index contributed by atoms with van der Waals surface area (Å²) in [5, 5.41) is 10.7. The molecule has 0 spiro atoms. The van der Waals surface area contributed by atoms with E-state index in [0.717, 1.165) is 0 Å². The largest absolute Gasteiger partial charge is 0.511 e. The minimum Gasteiger partial charge on any atom is -0.511 e. The third kappa shape index (κ3) is 4.31. The molecule has 6 nitrogen and oxygen atoms in total. The van der Waals surface area contributed by atoms with Crippen LogP contribution in [0.3, 0.4) is 0 Å². The van der Waals surface area contributed by atoms with Gasteiger partial charge in [0.15, 0.2) is 5.78 Å². The molecule has 0 atom stereocenters. The number of Topliss-reactive ketones (excluding diaryl/α,β-unsaturated/α-hetero) is 1. The van der Waals surface area contributed by atoms with Crippen molar-refractivity contribution in [2.45, 2.75) is 59.4 Å². The van der Waals surface area contributed by atoms with Crippen molar-refractivity contribution in [2.75, 3.05) is 6.54 Å². The predicted molar refractivity (Wildman–Crippen MR) is 111 cm³/mol. The molecular formula is C23H28N2O4. The number of aliphatic imine (C=N–C) groups is 1. The lowest BCUT2D eigenvalue weighted by atomic mass is 9.73. The van der Waals surface area contributed by atoms with E-state index in [9.17, 15) is 19.5 Å². The maximum absolute atomic E-state index is 12.7. The zero-order valence-corrected chi connectivity index (χ0v) is 17.5. The van der Waals surface area contributed by atoms with Gasteiger partial charge in [0.1, 0.15) is 5.76 Å². The Morgan fingerprint density at radius 3 is 2.24 bits per heavy atom. The van der Waals surface area contributed by atoms with Crippen LogP contribution in [0.2, 0.25) is 0 Å². The summed E-state index contributed by atoms with van der Waals surface area (Å²) in [6.45, 7) is 8.12. The highest BCUT2D eigenvalue weighted by Crippen LogP contribution is 2.36. The molecular weight excluding hydrogens is 368 g/mol. The van der Waals surface area contributed by atoms with Gasteiger partial charge in [-0.3, -0.25) is 24.3 Å². The minimum atomic E-state index is -0.310. The van der Waals surface area contributed by atoms with Crippen LogP contribution in [-0.4, -0.2) is 45.9 Å². The van der Waals surface area contributed by atoms with Gasteiger partial charge in [-0.2, -0.15) is 0 Å². The predicted octanol–water partition coefficient (Wildman–Crippen LogP) is 4.11. The highest BCUT2D eigenvalue weighted by atomic mass is 16.3. The zero-order valence-electron chi connectivity index (χ0n) is 17.5. The fourth-order valence-electron chi connectivity index (χ4n) is 4.01. The van der Waals surface area contributed by atoms with Crippen LogP contribution in [0.4, 0.5) is 0 Å². The second kappa shape index (κ2) is 7.93. The second-order valence-corrected chi connectivity index (χ2v) is 8.84. The third-order valence-corrected chi connectivity index (χ3v) is 5.23. The lowest BCUT2D eigenvalue weighted by Gasteiger charge is -2.31. The van der Waals surface area contributed by atoms with Crippen LogP contribution in [-0.2, 0) is 4.79 Å². The number of amides is 2. The fourth-order valence-corrected chi connectivity index (χ4v) is 4.01. The molecule has 0 radical (unpaired) electrons. The van der Waals surface area contributed by atoms with E-state index < -0.39 is 0 Å². The molecule has 1 aromatic rings. The fraction of sp³-hybridized carbons (Fsp3) is 0.478. The monoisotopic (exact) mass is 396 g/mol. The molecule has 29 heavy (non-hydrogen) atoms. The van der Waals surface area contributed by atoms with E-state index in [1.165, 1.54) is 4.90 Å². The van der Waals surface area contributed by atoms with Crippen molar-refractivity contribution < 1.29 is 19.5 Å². The molecule has 1 fully saturated rings. The van der Waals surface area contributed by atoms with Gasteiger partial charge in [0.2, 0.25) is 0 Å². The molecule has 154 valence electrons. The number of ketones is 1. The Hall–Kier alpha value is -2.76. The molecule has 1 aliphatic heterocycles. The summed E-state index contributed by atoms with van der Waals surface area (Å²) in [5.74, 6) is -0.717. The summed E-state index contributed by atoms with van der Waals surface area (Å²) in [6.07, 6.45) is 1.59. The molecule has 0 aromatic heterocycles. The Balaban J connectivity index is 1.73. The van der Waals surface area contributed by atoms with Gasteiger partial charge in [-0.05, 0) is 44.2 Å². The van der Waals surface area contributed by atoms with Crippen molar-refractivity contribution in [1.29, 1.82) is 0 Å². The molecule has 1 aromatic carbocycles. The van der Waals surface area contributed by atoms with Crippen LogP contribution in [0.5, 0.6) is 0 Å². The first-order valence-corrected chi connectivity index (χ1v) is 10.1. The third-order valence-electron chi connectivity index (χ3n) is 5.23. The minimum absolute atomic E-state index is 0.00140. The number of hydrogen-bond acceptors (Lipinski definition) is 5. The number of carbonyl (C=O) groups is 3. The van der Waals surface area contributed by atoms with Crippen molar-refractivity contribution >= 4 is 23.3 Å². The topological polar surface area (TPSA) is 87.0 Å². The first-order chi connectivity index (χ1) is 13.6. The summed E-state index contributed by atoms with van der Waals surface area (Å²) in [6, 6.07) is 6.77. The standard InChI is InChI=1S/C23H28N2O4/c1-14(2)24-17-12-23(3,4)13-19(27)20(17)18(26)10-7-11-25-21(28)15-8-5-6-9-16(15)22(25)29/h5-6,8-9,14,26H,7,10-13H2,1-4H3/b20-18-,24-17?. The van der Waals surface area contributed by atoms with Gasteiger partial charge in [0, 0.05) is 31.1 Å². The van der Waals surface area contributed by atoms with Crippen molar-refractivity contribution in [3.05, 3.63) is 46.7 Å². The summed E-state index contributed by atoms with van der Waals surface area (Å²) < 4.78 is 0. The number of carbonyl (C=O) groups excluding carboxylic acids is 3. The second-order valence-electron chi connectivity index (χ2n) is 8.84. The summed E-state index contributed by atoms with van der Waals surface area (Å²) >= 11 is 0. The molecule has 2 amide bonds. The number of nitrogens with zero attached hydrogens (tertiary/aromatic N) is 2. The highest BCUT2D eigenvalue weighted by Gasteiger charge is 2.37. The average molecular weight is 396 g/mol. The maximum Gasteiger partial charge on any atom is 0.261 e. The quantitative estimate of drug-likeness (QED) is 0.461. The Labute approximate surface area is 171 Å². The number of aliphatic hydroxyl groups is 1. The van der Waals surface area contributed by atoms with Gasteiger partial charge in [0.25, 0.3) is 11.8 Å². The smallest absolute Gasteiger partial charge is 0.261 e. The van der Waals surface area contributed by atoms with E-state index in [1.807, 2.05) is 27.7 Å². The summed E-state index contributed by atoms with van der Waals surface area (Å²) in [4.78, 5) is 43.4. The van der Waals surface area contributed by atoms with Gasteiger partial charge in [-0.25, -0.2) is 0 Å².